The quantitative estimate of drug-likeness (QED) is 0.887. The van der Waals surface area contributed by atoms with E-state index in [-0.39, 0.29) is 11.9 Å². The van der Waals surface area contributed by atoms with Crippen molar-refractivity contribution in [3.05, 3.63) is 18.0 Å². The van der Waals surface area contributed by atoms with E-state index in [1.165, 1.54) is 64.0 Å². The highest BCUT2D eigenvalue weighted by molar-refractivity contribution is 5.91. The fourth-order valence-corrected chi connectivity index (χ4v) is 2.90. The molecule has 112 valence electrons. The van der Waals surface area contributed by atoms with Gasteiger partial charge in [-0.3, -0.25) is 4.79 Å². The molecule has 0 spiro atoms. The molecular weight excluding hydrogens is 252 g/mol. The molecule has 0 unspecified atom stereocenters. The van der Waals surface area contributed by atoms with E-state index < -0.39 is 0 Å². The predicted octanol–water partition coefficient (Wildman–Crippen LogP) is 4.08. The third-order valence-electron chi connectivity index (χ3n) is 4.10. The van der Waals surface area contributed by atoms with Gasteiger partial charge in [0.25, 0.3) is 5.91 Å². The summed E-state index contributed by atoms with van der Waals surface area (Å²) in [5.41, 5.74) is 0. The van der Waals surface area contributed by atoms with Crippen molar-refractivity contribution in [2.45, 2.75) is 76.7 Å². The highest BCUT2D eigenvalue weighted by atomic mass is 16.5. The van der Waals surface area contributed by atoms with Crippen molar-refractivity contribution in [1.82, 2.24) is 10.5 Å². The minimum absolute atomic E-state index is 0.125. The first-order valence-electron chi connectivity index (χ1n) is 8.08. The fourth-order valence-electron chi connectivity index (χ4n) is 2.90. The van der Waals surface area contributed by atoms with Gasteiger partial charge in [0.15, 0.2) is 0 Å². The van der Waals surface area contributed by atoms with Crippen LogP contribution in [0.25, 0.3) is 0 Å². The van der Waals surface area contributed by atoms with Crippen LogP contribution >= 0.6 is 0 Å². The van der Waals surface area contributed by atoms with E-state index in [1.54, 1.807) is 6.07 Å². The van der Waals surface area contributed by atoms with Gasteiger partial charge in [0.2, 0.25) is 5.76 Å². The summed E-state index contributed by atoms with van der Waals surface area (Å²) < 4.78 is 4.91. The van der Waals surface area contributed by atoms with E-state index in [9.17, 15) is 4.79 Å². The lowest BCUT2D eigenvalue weighted by molar-refractivity contribution is 0.0894. The number of hydrogen-bond donors (Lipinski definition) is 1. The molecule has 1 saturated carbocycles. The van der Waals surface area contributed by atoms with Crippen LogP contribution in [0.2, 0.25) is 0 Å². The molecule has 20 heavy (non-hydrogen) atoms. The first kappa shape index (κ1) is 15.1. The van der Waals surface area contributed by atoms with Crippen LogP contribution in [0.15, 0.2) is 16.8 Å². The number of nitrogens with one attached hydrogen (secondary N) is 1. The first-order valence-corrected chi connectivity index (χ1v) is 8.08. The van der Waals surface area contributed by atoms with E-state index >= 15 is 0 Å². The second-order valence-corrected chi connectivity index (χ2v) is 5.81. The fraction of sp³-hybridized carbons (Fsp3) is 0.750. The van der Waals surface area contributed by atoms with Gasteiger partial charge in [-0.2, -0.15) is 0 Å². The summed E-state index contributed by atoms with van der Waals surface area (Å²) in [5.74, 6) is 0.190. The molecule has 1 aromatic heterocycles. The summed E-state index contributed by atoms with van der Waals surface area (Å²) in [6.07, 6.45) is 15.5. The van der Waals surface area contributed by atoms with Crippen molar-refractivity contribution in [2.24, 2.45) is 0 Å². The Bertz CT molecular complexity index is 364. The average Bonchev–Trinajstić information content (AvgIpc) is 2.96. The molecule has 2 rings (SSSR count). The van der Waals surface area contributed by atoms with Crippen LogP contribution in [0.4, 0.5) is 0 Å². The SMILES string of the molecule is O=C(NC1CCCCCCCCCCC1)c1ccno1. The first-order chi connectivity index (χ1) is 9.86. The number of carbonyl (C=O) groups is 1. The van der Waals surface area contributed by atoms with Crippen molar-refractivity contribution in [2.75, 3.05) is 0 Å². The van der Waals surface area contributed by atoms with Gasteiger partial charge in [-0.05, 0) is 12.8 Å². The Balaban J connectivity index is 1.81. The Kier molecular flexibility index (Phi) is 6.61. The van der Waals surface area contributed by atoms with Crippen molar-refractivity contribution in [1.29, 1.82) is 0 Å². The Morgan fingerprint density at radius 2 is 1.55 bits per heavy atom. The van der Waals surface area contributed by atoms with Crippen LogP contribution in [0.3, 0.4) is 0 Å². The van der Waals surface area contributed by atoms with Crippen LogP contribution in [0, 0.1) is 0 Å². The Hall–Kier alpha value is -1.32. The zero-order valence-electron chi connectivity index (χ0n) is 12.3. The van der Waals surface area contributed by atoms with Crippen LogP contribution < -0.4 is 5.32 Å². The maximum Gasteiger partial charge on any atom is 0.290 e. The third kappa shape index (κ3) is 5.35. The number of rotatable bonds is 2. The Labute approximate surface area is 121 Å². The summed E-state index contributed by atoms with van der Waals surface area (Å²) in [6.45, 7) is 0. The lowest BCUT2D eigenvalue weighted by Gasteiger charge is -2.18. The van der Waals surface area contributed by atoms with Crippen LogP contribution in [0.1, 0.15) is 81.2 Å². The maximum atomic E-state index is 12.0. The lowest BCUT2D eigenvalue weighted by atomic mass is 9.98. The van der Waals surface area contributed by atoms with Crippen molar-refractivity contribution in [3.8, 4) is 0 Å². The molecule has 0 saturated heterocycles. The second-order valence-electron chi connectivity index (χ2n) is 5.81. The van der Waals surface area contributed by atoms with Gasteiger partial charge in [-0.15, -0.1) is 0 Å². The molecule has 0 radical (unpaired) electrons. The second kappa shape index (κ2) is 8.77. The van der Waals surface area contributed by atoms with Gasteiger partial charge >= 0.3 is 0 Å². The van der Waals surface area contributed by atoms with E-state index in [4.69, 9.17) is 4.52 Å². The molecule has 1 N–H and O–H groups in total. The van der Waals surface area contributed by atoms with Gasteiger partial charge in [0.1, 0.15) is 0 Å². The topological polar surface area (TPSA) is 55.1 Å². The number of aromatic nitrogens is 1. The Morgan fingerprint density at radius 3 is 2.05 bits per heavy atom. The third-order valence-corrected chi connectivity index (χ3v) is 4.10. The largest absolute Gasteiger partial charge is 0.351 e. The number of carbonyl (C=O) groups excluding carboxylic acids is 1. The van der Waals surface area contributed by atoms with Crippen molar-refractivity contribution >= 4 is 5.91 Å². The number of nitrogens with zero attached hydrogens (tertiary/aromatic N) is 1. The normalized spacial score (nSPS) is 19.8. The van der Waals surface area contributed by atoms with E-state index in [2.05, 4.69) is 10.5 Å². The van der Waals surface area contributed by atoms with Gasteiger partial charge in [0, 0.05) is 12.1 Å². The minimum Gasteiger partial charge on any atom is -0.351 e. The summed E-state index contributed by atoms with van der Waals surface area (Å²) in [6, 6.07) is 1.90. The molecule has 0 aliphatic heterocycles. The molecule has 1 aromatic rings. The van der Waals surface area contributed by atoms with Crippen LogP contribution in [-0.2, 0) is 0 Å². The number of hydrogen-bond acceptors (Lipinski definition) is 3. The summed E-state index contributed by atoms with van der Waals surface area (Å²) in [5, 5.41) is 6.68. The zero-order chi connectivity index (χ0) is 14.0. The monoisotopic (exact) mass is 278 g/mol. The standard InChI is InChI=1S/C16H26N2O2/c19-16(15-12-13-17-20-15)18-14-10-8-6-4-2-1-3-5-7-9-11-14/h12-14H,1-11H2,(H,18,19). The Morgan fingerprint density at radius 1 is 1.00 bits per heavy atom. The highest BCUT2D eigenvalue weighted by Gasteiger charge is 2.16. The van der Waals surface area contributed by atoms with Crippen molar-refractivity contribution in [3.63, 3.8) is 0 Å². The summed E-state index contributed by atoms with van der Waals surface area (Å²) in [4.78, 5) is 12.0. The molecule has 0 bridgehead atoms. The highest BCUT2D eigenvalue weighted by Crippen LogP contribution is 2.17. The zero-order valence-corrected chi connectivity index (χ0v) is 12.3. The van der Waals surface area contributed by atoms with Gasteiger partial charge in [-0.1, -0.05) is 62.9 Å². The average molecular weight is 278 g/mol. The molecule has 0 aromatic carbocycles. The van der Waals surface area contributed by atoms with Gasteiger partial charge in [-0.25, -0.2) is 0 Å². The summed E-state index contributed by atoms with van der Waals surface area (Å²) in [7, 11) is 0. The molecule has 1 amide bonds. The van der Waals surface area contributed by atoms with Crippen LogP contribution in [-0.4, -0.2) is 17.1 Å². The molecule has 4 nitrogen and oxygen atoms in total. The molecule has 4 heteroatoms. The molecule has 1 aliphatic rings. The van der Waals surface area contributed by atoms with E-state index in [1.807, 2.05) is 0 Å². The molecular formula is C16H26N2O2. The van der Waals surface area contributed by atoms with Gasteiger partial charge < -0.3 is 9.84 Å². The molecule has 1 aliphatic carbocycles. The maximum absolute atomic E-state index is 12.0. The smallest absolute Gasteiger partial charge is 0.290 e. The van der Waals surface area contributed by atoms with E-state index in [0.29, 0.717) is 5.76 Å². The van der Waals surface area contributed by atoms with Gasteiger partial charge in [0.05, 0.1) is 6.20 Å². The summed E-state index contributed by atoms with van der Waals surface area (Å²) >= 11 is 0. The molecule has 1 heterocycles. The van der Waals surface area contributed by atoms with E-state index in [0.717, 1.165) is 12.8 Å². The molecule has 0 atom stereocenters. The lowest BCUT2D eigenvalue weighted by Crippen LogP contribution is -2.34. The predicted molar refractivity (Wildman–Crippen MR) is 78.5 cm³/mol. The van der Waals surface area contributed by atoms with Crippen LogP contribution in [0.5, 0.6) is 0 Å². The number of amides is 1. The molecule has 1 fully saturated rings. The minimum atomic E-state index is -0.125. The van der Waals surface area contributed by atoms with Crippen molar-refractivity contribution < 1.29 is 9.32 Å².